The average Bonchev–Trinajstić information content (AvgIpc) is 3.43. The first-order chi connectivity index (χ1) is 23.0. The Morgan fingerprint density at radius 1 is 0.812 bits per heavy atom. The average molecular weight is 684 g/mol. The number of nitrogens with zero attached hydrogens (tertiary/aromatic N) is 2. The number of hydrogen-bond donors (Lipinski definition) is 1. The van der Waals surface area contributed by atoms with E-state index in [-0.39, 0.29) is 35.7 Å². The standard InChI is InChI=1S/C38H29Cl2FN2O5/c1-2-20-7-12-23(13-8-20)42-33(45)27-18-17-26-29(30(27)34(42)46)19-37(39)35(47)43(24-14-10-22(41)11-15-24)36(48)38(37,40)31(26)28-16-9-21-5-3-4-6-25(21)32(28)44/h3-17,27,29-31,44H,2,18-19H2,1H3. The third kappa shape index (κ3) is 3.99. The summed E-state index contributed by atoms with van der Waals surface area (Å²) in [6.45, 7) is 2.01. The van der Waals surface area contributed by atoms with Gasteiger partial charge in [-0.15, -0.1) is 23.2 Å². The van der Waals surface area contributed by atoms with Crippen molar-refractivity contribution in [1.29, 1.82) is 0 Å². The quantitative estimate of drug-likeness (QED) is 0.142. The molecule has 242 valence electrons. The first-order valence-electron chi connectivity index (χ1n) is 15.9. The smallest absolute Gasteiger partial charge is 0.258 e. The number of aromatic hydroxyl groups is 1. The predicted octanol–water partition coefficient (Wildman–Crippen LogP) is 7.01. The fourth-order valence-corrected chi connectivity index (χ4v) is 9.31. The Hall–Kier alpha value is -4.53. The molecule has 0 spiro atoms. The van der Waals surface area contributed by atoms with Crippen molar-refractivity contribution in [3.63, 3.8) is 0 Å². The SMILES string of the molecule is CCc1ccc(N2C(=O)C3CC=C4C(CC5(Cl)C(=O)N(c6ccc(F)cc6)C(=O)C5(Cl)C4c4ccc5ccccc5c4O)C3C2=O)cc1. The second-order valence-electron chi connectivity index (χ2n) is 13.0. The second-order valence-corrected chi connectivity index (χ2v) is 14.2. The van der Waals surface area contributed by atoms with Gasteiger partial charge in [-0.1, -0.05) is 67.1 Å². The third-order valence-electron chi connectivity index (χ3n) is 10.7. The van der Waals surface area contributed by atoms with Gasteiger partial charge in [0.1, 0.15) is 11.6 Å². The van der Waals surface area contributed by atoms with Crippen molar-refractivity contribution in [2.45, 2.75) is 41.9 Å². The van der Waals surface area contributed by atoms with Crippen LogP contribution in [0.4, 0.5) is 15.8 Å². The van der Waals surface area contributed by atoms with Crippen molar-refractivity contribution in [2.24, 2.45) is 17.8 Å². The Balaban J connectivity index is 1.31. The molecular formula is C38H29Cl2FN2O5. The van der Waals surface area contributed by atoms with Crippen molar-refractivity contribution in [3.05, 3.63) is 114 Å². The highest BCUT2D eigenvalue weighted by molar-refractivity contribution is 6.58. The number of aryl methyl sites for hydroxylation is 1. The van der Waals surface area contributed by atoms with Gasteiger partial charge in [0.05, 0.1) is 23.2 Å². The van der Waals surface area contributed by atoms with E-state index in [0.717, 1.165) is 34.4 Å². The molecule has 8 rings (SSSR count). The normalized spacial score (nSPS) is 29.6. The number of benzene rings is 4. The largest absolute Gasteiger partial charge is 0.507 e. The lowest BCUT2D eigenvalue weighted by Gasteiger charge is -2.50. The molecular weight excluding hydrogens is 654 g/mol. The molecule has 48 heavy (non-hydrogen) atoms. The van der Waals surface area contributed by atoms with Gasteiger partial charge >= 0.3 is 0 Å². The molecule has 4 amide bonds. The van der Waals surface area contributed by atoms with Gasteiger partial charge in [0.25, 0.3) is 11.8 Å². The van der Waals surface area contributed by atoms with Gasteiger partial charge in [0.2, 0.25) is 11.8 Å². The van der Waals surface area contributed by atoms with E-state index in [9.17, 15) is 28.7 Å². The molecule has 6 atom stereocenters. The highest BCUT2D eigenvalue weighted by atomic mass is 35.5. The number of allylic oxidation sites excluding steroid dienone is 2. The zero-order valence-electron chi connectivity index (χ0n) is 25.7. The van der Waals surface area contributed by atoms with E-state index in [1.165, 1.54) is 17.0 Å². The zero-order valence-corrected chi connectivity index (χ0v) is 27.2. The van der Waals surface area contributed by atoms with E-state index in [0.29, 0.717) is 16.6 Å². The highest BCUT2D eigenvalue weighted by Gasteiger charge is 2.77. The molecule has 0 radical (unpaired) electrons. The van der Waals surface area contributed by atoms with Gasteiger partial charge in [-0.3, -0.25) is 24.1 Å². The van der Waals surface area contributed by atoms with Crippen LogP contribution in [0.25, 0.3) is 10.8 Å². The minimum atomic E-state index is -2.14. The summed E-state index contributed by atoms with van der Waals surface area (Å²) in [5, 5.41) is 13.0. The minimum Gasteiger partial charge on any atom is -0.507 e. The predicted molar refractivity (Wildman–Crippen MR) is 181 cm³/mol. The first-order valence-corrected chi connectivity index (χ1v) is 16.7. The number of phenolic OH excluding ortho intramolecular Hbond substituents is 1. The molecule has 4 aliphatic rings. The number of halogens is 3. The fourth-order valence-electron chi connectivity index (χ4n) is 8.38. The van der Waals surface area contributed by atoms with E-state index in [4.69, 9.17) is 23.2 Å². The van der Waals surface area contributed by atoms with Crippen LogP contribution in [0.2, 0.25) is 0 Å². The van der Waals surface area contributed by atoms with Crippen molar-refractivity contribution in [3.8, 4) is 5.75 Å². The minimum absolute atomic E-state index is 0.0889. The molecule has 7 nitrogen and oxygen atoms in total. The molecule has 0 bridgehead atoms. The lowest BCUT2D eigenvalue weighted by Crippen LogP contribution is -2.60. The van der Waals surface area contributed by atoms with Crippen LogP contribution in [0.3, 0.4) is 0 Å². The van der Waals surface area contributed by atoms with Crippen molar-refractivity contribution < 1.29 is 28.7 Å². The number of carbonyl (C=O) groups excluding carboxylic acids is 4. The lowest BCUT2D eigenvalue weighted by molar-refractivity contribution is -0.125. The number of imide groups is 2. The Kier molecular flexibility index (Phi) is 6.89. The summed E-state index contributed by atoms with van der Waals surface area (Å²) >= 11 is 14.9. The van der Waals surface area contributed by atoms with Crippen molar-refractivity contribution in [2.75, 3.05) is 9.80 Å². The maximum Gasteiger partial charge on any atom is 0.258 e. The van der Waals surface area contributed by atoms with Gasteiger partial charge in [-0.25, -0.2) is 9.29 Å². The number of fused-ring (bicyclic) bond motifs is 5. The van der Waals surface area contributed by atoms with Crippen LogP contribution in [-0.2, 0) is 25.6 Å². The van der Waals surface area contributed by atoms with Crippen LogP contribution in [0, 0.1) is 23.6 Å². The number of amides is 4. The van der Waals surface area contributed by atoms with E-state index < -0.39 is 57.0 Å². The zero-order chi connectivity index (χ0) is 33.7. The summed E-state index contributed by atoms with van der Waals surface area (Å²) in [7, 11) is 0. The fraction of sp³-hybridized carbons (Fsp3) is 0.263. The molecule has 1 N–H and O–H groups in total. The van der Waals surface area contributed by atoms with Gasteiger partial charge < -0.3 is 5.11 Å². The molecule has 10 heteroatoms. The summed E-state index contributed by atoms with van der Waals surface area (Å²) in [6.07, 6.45) is 2.62. The molecule has 2 aliphatic carbocycles. The summed E-state index contributed by atoms with van der Waals surface area (Å²) in [4.78, 5) is 55.1. The van der Waals surface area contributed by atoms with Gasteiger partial charge in [0, 0.05) is 16.9 Å². The summed E-state index contributed by atoms with van der Waals surface area (Å²) in [5.41, 5.74) is 2.45. The third-order valence-corrected chi connectivity index (χ3v) is 12.2. The molecule has 2 saturated heterocycles. The van der Waals surface area contributed by atoms with E-state index in [1.54, 1.807) is 36.4 Å². The van der Waals surface area contributed by atoms with Crippen LogP contribution in [0.15, 0.2) is 96.6 Å². The van der Waals surface area contributed by atoms with Crippen LogP contribution < -0.4 is 9.80 Å². The van der Waals surface area contributed by atoms with E-state index in [1.807, 2.05) is 37.3 Å². The molecule has 2 aliphatic heterocycles. The first kappa shape index (κ1) is 30.8. The summed E-state index contributed by atoms with van der Waals surface area (Å²) < 4.78 is 13.9. The molecule has 0 aromatic heterocycles. The topological polar surface area (TPSA) is 95.0 Å². The van der Waals surface area contributed by atoms with E-state index in [2.05, 4.69) is 0 Å². The van der Waals surface area contributed by atoms with Gasteiger partial charge in [-0.05, 0) is 72.5 Å². The molecule has 6 unspecified atom stereocenters. The Morgan fingerprint density at radius 3 is 2.19 bits per heavy atom. The molecule has 2 heterocycles. The number of carbonyl (C=O) groups is 4. The Morgan fingerprint density at radius 2 is 1.48 bits per heavy atom. The van der Waals surface area contributed by atoms with Crippen molar-refractivity contribution >= 4 is 69.0 Å². The van der Waals surface area contributed by atoms with Crippen LogP contribution in [-0.4, -0.2) is 38.5 Å². The highest BCUT2D eigenvalue weighted by Crippen LogP contribution is 2.66. The maximum atomic E-state index is 14.6. The van der Waals surface area contributed by atoms with Crippen molar-refractivity contribution in [1.82, 2.24) is 0 Å². The molecule has 4 aromatic carbocycles. The van der Waals surface area contributed by atoms with Crippen LogP contribution in [0.5, 0.6) is 5.75 Å². The number of phenols is 1. The monoisotopic (exact) mass is 682 g/mol. The molecule has 1 saturated carbocycles. The summed E-state index contributed by atoms with van der Waals surface area (Å²) in [6, 6.07) is 22.8. The number of rotatable bonds is 4. The lowest BCUT2D eigenvalue weighted by atomic mass is 9.56. The molecule has 4 aromatic rings. The van der Waals surface area contributed by atoms with Gasteiger partial charge in [-0.2, -0.15) is 0 Å². The maximum absolute atomic E-state index is 14.6. The Bertz CT molecular complexity index is 2100. The van der Waals surface area contributed by atoms with Gasteiger partial charge in [0.15, 0.2) is 9.75 Å². The van der Waals surface area contributed by atoms with Crippen LogP contribution >= 0.6 is 23.2 Å². The molecule has 3 fully saturated rings. The van der Waals surface area contributed by atoms with Crippen LogP contribution in [0.1, 0.15) is 36.8 Å². The second kappa shape index (κ2) is 10.7. The Labute approximate surface area is 285 Å². The number of anilines is 2. The number of hydrogen-bond acceptors (Lipinski definition) is 5. The van der Waals surface area contributed by atoms with E-state index >= 15 is 0 Å². The number of alkyl halides is 2. The summed E-state index contributed by atoms with van der Waals surface area (Å²) in [5.74, 6) is -6.59.